The van der Waals surface area contributed by atoms with Crippen molar-refractivity contribution in [2.75, 3.05) is 30.8 Å². The van der Waals surface area contributed by atoms with E-state index in [2.05, 4.69) is 34.2 Å². The number of hydrogen-bond donors (Lipinski definition) is 3. The average molecular weight is 426 g/mol. The normalized spacial score (nSPS) is 19.8. The van der Waals surface area contributed by atoms with Crippen LogP contribution in [0.3, 0.4) is 0 Å². The van der Waals surface area contributed by atoms with Crippen molar-refractivity contribution in [3.8, 4) is 5.75 Å². The van der Waals surface area contributed by atoms with Crippen LogP contribution >= 0.6 is 0 Å². The number of ether oxygens (including phenoxy) is 1. The summed E-state index contributed by atoms with van der Waals surface area (Å²) in [6.07, 6.45) is 1.73. The first-order chi connectivity index (χ1) is 14.7. The number of benzene rings is 2. The number of methoxy groups -OCH3 is 1. The number of halogens is 1. The van der Waals surface area contributed by atoms with Gasteiger partial charge in [0.2, 0.25) is 0 Å². The van der Waals surface area contributed by atoms with E-state index in [4.69, 9.17) is 16.2 Å². The van der Waals surface area contributed by atoms with E-state index in [0.717, 1.165) is 18.8 Å². The van der Waals surface area contributed by atoms with Gasteiger partial charge in [-0.15, -0.1) is 0 Å². The van der Waals surface area contributed by atoms with Crippen LogP contribution in [0.4, 0.5) is 21.5 Å². The van der Waals surface area contributed by atoms with Gasteiger partial charge in [-0.3, -0.25) is 4.68 Å². The zero-order valence-electron chi connectivity index (χ0n) is 18.2. The largest absolute Gasteiger partial charge is 0.496 e. The highest BCUT2D eigenvalue weighted by Gasteiger charge is 2.23. The Morgan fingerprint density at radius 1 is 1.23 bits per heavy atom. The van der Waals surface area contributed by atoms with Gasteiger partial charge in [0.25, 0.3) is 0 Å². The van der Waals surface area contributed by atoms with Crippen LogP contribution in [0.5, 0.6) is 5.75 Å². The van der Waals surface area contributed by atoms with Gasteiger partial charge in [0.1, 0.15) is 17.1 Å². The second kappa shape index (κ2) is 8.07. The molecular weight excluding hydrogens is 397 g/mol. The minimum Gasteiger partial charge on any atom is -0.496 e. The highest BCUT2D eigenvalue weighted by atomic mass is 19.1. The summed E-state index contributed by atoms with van der Waals surface area (Å²) in [6.45, 7) is 6.03. The summed E-state index contributed by atoms with van der Waals surface area (Å²) in [6, 6.07) is 7.57. The molecule has 2 atom stereocenters. The van der Waals surface area contributed by atoms with Gasteiger partial charge in [0.05, 0.1) is 18.4 Å². The van der Waals surface area contributed by atoms with Crippen molar-refractivity contribution in [2.24, 2.45) is 17.8 Å². The van der Waals surface area contributed by atoms with Crippen LogP contribution in [0, 0.1) is 5.82 Å². The molecule has 0 radical (unpaired) electrons. The lowest BCUT2D eigenvalue weighted by Crippen LogP contribution is -2.54. The molecule has 164 valence electrons. The molecule has 31 heavy (non-hydrogen) atoms. The zero-order chi connectivity index (χ0) is 22.3. The van der Waals surface area contributed by atoms with E-state index < -0.39 is 5.82 Å². The number of rotatable bonds is 4. The van der Waals surface area contributed by atoms with Gasteiger partial charge < -0.3 is 26.4 Å². The third-order valence-corrected chi connectivity index (χ3v) is 5.43. The molecule has 1 aliphatic rings. The summed E-state index contributed by atoms with van der Waals surface area (Å²) < 4.78 is 21.6. The lowest BCUT2D eigenvalue weighted by Gasteiger charge is -2.38. The van der Waals surface area contributed by atoms with E-state index in [9.17, 15) is 4.39 Å². The fourth-order valence-corrected chi connectivity index (χ4v) is 4.23. The standard InChI is InChI=1S/C22H28FN7O/c1-12-9-30(10-13(2)26-12)16-7-18(24)20(19(8-16)31-4)22(25)27-15-5-14-11-29(3)28-21(14)17(23)6-15/h5-8,11-13,26H,9-10,24H2,1-4H3,(H2,25,27). The van der Waals surface area contributed by atoms with Crippen LogP contribution in [0.25, 0.3) is 10.9 Å². The molecule has 2 heterocycles. The minimum atomic E-state index is -0.457. The Morgan fingerprint density at radius 3 is 2.61 bits per heavy atom. The topological polar surface area (TPSA) is 107 Å². The molecule has 1 aromatic heterocycles. The number of nitrogen functional groups attached to an aromatic ring is 1. The summed E-state index contributed by atoms with van der Waals surface area (Å²) in [5, 5.41) is 8.27. The average Bonchev–Trinajstić information content (AvgIpc) is 3.07. The van der Waals surface area contributed by atoms with Crippen molar-refractivity contribution in [1.29, 1.82) is 0 Å². The third kappa shape index (κ3) is 4.13. The lowest BCUT2D eigenvalue weighted by atomic mass is 10.1. The van der Waals surface area contributed by atoms with Crippen LogP contribution < -0.4 is 26.4 Å². The second-order valence-electron chi connectivity index (χ2n) is 8.15. The number of anilines is 2. The summed E-state index contributed by atoms with van der Waals surface area (Å²) in [5.74, 6) is 0.227. The number of nitrogens with zero attached hydrogens (tertiary/aromatic N) is 4. The molecule has 0 amide bonds. The van der Waals surface area contributed by atoms with Crippen LogP contribution in [0.1, 0.15) is 19.4 Å². The maximum absolute atomic E-state index is 14.4. The van der Waals surface area contributed by atoms with E-state index in [0.29, 0.717) is 45.7 Å². The van der Waals surface area contributed by atoms with Crippen LogP contribution in [-0.2, 0) is 7.05 Å². The number of aliphatic imine (C=N–C) groups is 1. The number of amidine groups is 1. The Balaban J connectivity index is 1.71. The summed E-state index contributed by atoms with van der Waals surface area (Å²) in [5.41, 5.74) is 15.3. The molecule has 1 fully saturated rings. The number of aryl methyl sites for hydroxylation is 1. The van der Waals surface area contributed by atoms with E-state index >= 15 is 0 Å². The van der Waals surface area contributed by atoms with Gasteiger partial charge in [-0.25, -0.2) is 9.38 Å². The Morgan fingerprint density at radius 2 is 1.94 bits per heavy atom. The van der Waals surface area contributed by atoms with E-state index in [1.165, 1.54) is 6.07 Å². The number of nitrogens with one attached hydrogen (secondary N) is 1. The molecule has 8 nitrogen and oxygen atoms in total. The molecule has 0 spiro atoms. The summed E-state index contributed by atoms with van der Waals surface area (Å²) in [4.78, 5) is 6.69. The predicted octanol–water partition coefficient (Wildman–Crippen LogP) is 2.53. The Kier molecular flexibility index (Phi) is 5.45. The van der Waals surface area contributed by atoms with Gasteiger partial charge in [0.15, 0.2) is 5.82 Å². The Hall–Kier alpha value is -3.33. The number of aromatic nitrogens is 2. The van der Waals surface area contributed by atoms with Crippen LogP contribution in [0.15, 0.2) is 35.5 Å². The number of hydrogen-bond acceptors (Lipinski definition) is 6. The highest BCUT2D eigenvalue weighted by Crippen LogP contribution is 2.33. The van der Waals surface area contributed by atoms with Crippen molar-refractivity contribution >= 4 is 33.8 Å². The third-order valence-electron chi connectivity index (χ3n) is 5.43. The van der Waals surface area contributed by atoms with Crippen molar-refractivity contribution in [3.63, 3.8) is 0 Å². The number of nitrogens with two attached hydrogens (primary N) is 2. The summed E-state index contributed by atoms with van der Waals surface area (Å²) >= 11 is 0. The second-order valence-corrected chi connectivity index (χ2v) is 8.15. The first kappa shape index (κ1) is 20.9. The molecule has 1 saturated heterocycles. The van der Waals surface area contributed by atoms with E-state index in [-0.39, 0.29) is 5.84 Å². The zero-order valence-corrected chi connectivity index (χ0v) is 18.2. The molecule has 4 rings (SSSR count). The summed E-state index contributed by atoms with van der Waals surface area (Å²) in [7, 11) is 3.31. The maximum atomic E-state index is 14.4. The Bertz CT molecular complexity index is 1150. The lowest BCUT2D eigenvalue weighted by molar-refractivity contribution is 0.403. The molecule has 2 aromatic carbocycles. The number of fused-ring (bicyclic) bond motifs is 1. The predicted molar refractivity (Wildman–Crippen MR) is 123 cm³/mol. The molecule has 3 aromatic rings. The van der Waals surface area contributed by atoms with Gasteiger partial charge in [0, 0.05) is 67.3 Å². The maximum Gasteiger partial charge on any atom is 0.153 e. The van der Waals surface area contributed by atoms with Gasteiger partial charge in [-0.1, -0.05) is 0 Å². The van der Waals surface area contributed by atoms with Crippen molar-refractivity contribution in [3.05, 3.63) is 41.8 Å². The molecule has 1 aliphatic heterocycles. The highest BCUT2D eigenvalue weighted by molar-refractivity contribution is 6.06. The van der Waals surface area contributed by atoms with E-state index in [1.54, 1.807) is 31.1 Å². The van der Waals surface area contributed by atoms with Crippen molar-refractivity contribution < 1.29 is 9.13 Å². The smallest absolute Gasteiger partial charge is 0.153 e. The number of piperazine rings is 1. The SMILES string of the molecule is COc1cc(N2CC(C)NC(C)C2)cc(N)c1C(N)=Nc1cc(F)c2nn(C)cc2c1. The fourth-order valence-electron chi connectivity index (χ4n) is 4.23. The van der Waals surface area contributed by atoms with Gasteiger partial charge >= 0.3 is 0 Å². The van der Waals surface area contributed by atoms with Crippen molar-refractivity contribution in [1.82, 2.24) is 15.1 Å². The molecule has 5 N–H and O–H groups in total. The molecule has 2 unspecified atom stereocenters. The van der Waals surface area contributed by atoms with Crippen LogP contribution in [0.2, 0.25) is 0 Å². The van der Waals surface area contributed by atoms with Crippen LogP contribution in [-0.4, -0.2) is 47.9 Å². The fraction of sp³-hybridized carbons (Fsp3) is 0.364. The first-order valence-electron chi connectivity index (χ1n) is 10.2. The molecule has 0 aliphatic carbocycles. The minimum absolute atomic E-state index is 0.158. The molecular formula is C22H28FN7O. The van der Waals surface area contributed by atoms with Gasteiger partial charge in [-0.05, 0) is 26.0 Å². The van der Waals surface area contributed by atoms with Gasteiger partial charge in [-0.2, -0.15) is 5.10 Å². The van der Waals surface area contributed by atoms with Crippen molar-refractivity contribution in [2.45, 2.75) is 25.9 Å². The quantitative estimate of drug-likeness (QED) is 0.337. The molecule has 0 saturated carbocycles. The monoisotopic (exact) mass is 425 g/mol. The molecule has 0 bridgehead atoms. The molecule has 9 heteroatoms. The van der Waals surface area contributed by atoms with E-state index in [1.807, 2.05) is 12.1 Å². The Labute approximate surface area is 180 Å². The first-order valence-corrected chi connectivity index (χ1v) is 10.2.